The van der Waals surface area contributed by atoms with Crippen molar-refractivity contribution in [2.24, 2.45) is 5.73 Å². The maximum absolute atomic E-state index is 11.9. The van der Waals surface area contributed by atoms with Gasteiger partial charge in [0.2, 0.25) is 11.8 Å². The van der Waals surface area contributed by atoms with E-state index in [0.29, 0.717) is 32.6 Å². The van der Waals surface area contributed by atoms with Crippen LogP contribution in [0.3, 0.4) is 0 Å². The van der Waals surface area contributed by atoms with Gasteiger partial charge in [-0.3, -0.25) is 9.59 Å². The summed E-state index contributed by atoms with van der Waals surface area (Å²) in [5, 5.41) is 2.85. The van der Waals surface area contributed by atoms with Gasteiger partial charge in [0.15, 0.2) is 0 Å². The summed E-state index contributed by atoms with van der Waals surface area (Å²) in [4.78, 5) is 25.2. The molecule has 2 atom stereocenters. The molecule has 0 aromatic rings. The average molecular weight is 241 g/mol. The maximum Gasteiger partial charge on any atom is 0.242 e. The number of piperidine rings is 1. The predicted molar refractivity (Wildman–Crippen MR) is 61.1 cm³/mol. The van der Waals surface area contributed by atoms with Gasteiger partial charge in [-0.25, -0.2) is 0 Å². The second kappa shape index (κ2) is 5.01. The van der Waals surface area contributed by atoms with Gasteiger partial charge >= 0.3 is 0 Å². The van der Waals surface area contributed by atoms with Gasteiger partial charge < -0.3 is 20.7 Å². The van der Waals surface area contributed by atoms with Crippen LogP contribution in [-0.2, 0) is 14.3 Å². The zero-order valence-corrected chi connectivity index (χ0v) is 10.0. The number of nitrogens with zero attached hydrogens (tertiary/aromatic N) is 1. The fourth-order valence-electron chi connectivity index (χ4n) is 2.05. The van der Waals surface area contributed by atoms with Gasteiger partial charge in [-0.2, -0.15) is 0 Å². The van der Waals surface area contributed by atoms with Gasteiger partial charge in [-0.05, 0) is 13.3 Å². The normalized spacial score (nSPS) is 27.5. The first-order valence-electron chi connectivity index (χ1n) is 6.01. The summed E-state index contributed by atoms with van der Waals surface area (Å²) in [7, 11) is 0. The van der Waals surface area contributed by atoms with Gasteiger partial charge in [-0.15, -0.1) is 0 Å². The molecule has 0 aromatic carbocycles. The summed E-state index contributed by atoms with van der Waals surface area (Å²) < 4.78 is 4.98. The lowest BCUT2D eigenvalue weighted by Gasteiger charge is -2.36. The SMILES string of the molecule is C[C@H](C(=O)NC1COC1)N1C[C@H](N)CCC1=O. The summed E-state index contributed by atoms with van der Waals surface area (Å²) in [5.41, 5.74) is 5.82. The Morgan fingerprint density at radius 1 is 1.59 bits per heavy atom. The van der Waals surface area contributed by atoms with Crippen LogP contribution in [0.1, 0.15) is 19.8 Å². The van der Waals surface area contributed by atoms with E-state index in [1.165, 1.54) is 0 Å². The smallest absolute Gasteiger partial charge is 0.242 e. The zero-order chi connectivity index (χ0) is 12.4. The van der Waals surface area contributed by atoms with Gasteiger partial charge in [0.1, 0.15) is 6.04 Å². The molecule has 6 nitrogen and oxygen atoms in total. The Labute approximate surface area is 100 Å². The summed E-state index contributed by atoms with van der Waals surface area (Å²) >= 11 is 0. The molecular formula is C11H19N3O3. The van der Waals surface area contributed by atoms with Crippen molar-refractivity contribution < 1.29 is 14.3 Å². The number of hydrogen-bond acceptors (Lipinski definition) is 4. The van der Waals surface area contributed by atoms with Crippen LogP contribution in [0.4, 0.5) is 0 Å². The molecule has 0 saturated carbocycles. The second-order valence-corrected chi connectivity index (χ2v) is 4.76. The molecule has 3 N–H and O–H groups in total. The van der Waals surface area contributed by atoms with Crippen LogP contribution in [0.15, 0.2) is 0 Å². The molecule has 2 heterocycles. The van der Waals surface area contributed by atoms with Crippen molar-refractivity contribution in [3.05, 3.63) is 0 Å². The molecule has 2 aliphatic heterocycles. The molecular weight excluding hydrogens is 222 g/mol. The Balaban J connectivity index is 1.90. The van der Waals surface area contributed by atoms with Gasteiger partial charge in [0, 0.05) is 19.0 Å². The molecule has 2 saturated heterocycles. The van der Waals surface area contributed by atoms with E-state index in [1.807, 2.05) is 0 Å². The quantitative estimate of drug-likeness (QED) is 0.652. The van der Waals surface area contributed by atoms with Crippen molar-refractivity contribution in [2.75, 3.05) is 19.8 Å². The van der Waals surface area contributed by atoms with Crippen LogP contribution < -0.4 is 11.1 Å². The standard InChI is InChI=1S/C11H19N3O3/c1-7(11(16)13-9-5-17-6-9)14-4-8(12)2-3-10(14)15/h7-9H,2-6,12H2,1H3,(H,13,16)/t7-,8-/m1/s1. The molecule has 96 valence electrons. The van der Waals surface area contributed by atoms with Crippen molar-refractivity contribution in [2.45, 2.75) is 37.9 Å². The summed E-state index contributed by atoms with van der Waals surface area (Å²) in [6.07, 6.45) is 1.14. The lowest BCUT2D eigenvalue weighted by Crippen LogP contribution is -2.58. The Kier molecular flexibility index (Phi) is 3.63. The van der Waals surface area contributed by atoms with Crippen molar-refractivity contribution >= 4 is 11.8 Å². The highest BCUT2D eigenvalue weighted by molar-refractivity contribution is 5.88. The summed E-state index contributed by atoms with van der Waals surface area (Å²) in [6.45, 7) is 3.33. The molecule has 17 heavy (non-hydrogen) atoms. The van der Waals surface area contributed by atoms with Crippen molar-refractivity contribution in [3.8, 4) is 0 Å². The number of carbonyl (C=O) groups excluding carboxylic acids is 2. The van der Waals surface area contributed by atoms with Crippen LogP contribution >= 0.6 is 0 Å². The van der Waals surface area contributed by atoms with Crippen LogP contribution in [0.2, 0.25) is 0 Å². The lowest BCUT2D eigenvalue weighted by molar-refractivity contribution is -0.143. The molecule has 0 spiro atoms. The molecule has 0 unspecified atom stereocenters. The highest BCUT2D eigenvalue weighted by atomic mass is 16.5. The average Bonchev–Trinajstić information content (AvgIpc) is 2.25. The largest absolute Gasteiger partial charge is 0.377 e. The monoisotopic (exact) mass is 241 g/mol. The van der Waals surface area contributed by atoms with Gasteiger partial charge in [0.25, 0.3) is 0 Å². The number of likely N-dealkylation sites (tertiary alicyclic amines) is 1. The Morgan fingerprint density at radius 3 is 2.88 bits per heavy atom. The van der Waals surface area contributed by atoms with E-state index in [9.17, 15) is 9.59 Å². The highest BCUT2D eigenvalue weighted by Crippen LogP contribution is 2.13. The Hall–Kier alpha value is -1.14. The zero-order valence-electron chi connectivity index (χ0n) is 10.0. The third-order valence-electron chi connectivity index (χ3n) is 3.31. The van der Waals surface area contributed by atoms with E-state index in [0.717, 1.165) is 0 Å². The van der Waals surface area contributed by atoms with Crippen LogP contribution in [0.5, 0.6) is 0 Å². The van der Waals surface area contributed by atoms with Gasteiger partial charge in [-0.1, -0.05) is 0 Å². The molecule has 0 aliphatic carbocycles. The van der Waals surface area contributed by atoms with Crippen molar-refractivity contribution in [1.82, 2.24) is 10.2 Å². The molecule has 2 amide bonds. The number of nitrogens with one attached hydrogen (secondary N) is 1. The maximum atomic E-state index is 11.9. The molecule has 2 aliphatic rings. The first kappa shape index (κ1) is 12.3. The lowest BCUT2D eigenvalue weighted by atomic mass is 10.0. The number of hydrogen-bond donors (Lipinski definition) is 2. The summed E-state index contributed by atoms with van der Waals surface area (Å²) in [6, 6.07) is -0.372. The van der Waals surface area contributed by atoms with E-state index in [1.54, 1.807) is 11.8 Å². The minimum atomic E-state index is -0.450. The highest BCUT2D eigenvalue weighted by Gasteiger charge is 2.32. The topological polar surface area (TPSA) is 84.7 Å². The minimum absolute atomic E-state index is 0.0132. The van der Waals surface area contributed by atoms with Crippen molar-refractivity contribution in [1.29, 1.82) is 0 Å². The van der Waals surface area contributed by atoms with E-state index in [2.05, 4.69) is 5.32 Å². The number of amides is 2. The fourth-order valence-corrected chi connectivity index (χ4v) is 2.05. The van der Waals surface area contributed by atoms with E-state index in [-0.39, 0.29) is 23.9 Å². The van der Waals surface area contributed by atoms with E-state index in [4.69, 9.17) is 10.5 Å². The molecule has 0 radical (unpaired) electrons. The molecule has 0 bridgehead atoms. The second-order valence-electron chi connectivity index (χ2n) is 4.76. The number of rotatable bonds is 3. The minimum Gasteiger partial charge on any atom is -0.377 e. The first-order valence-corrected chi connectivity index (χ1v) is 6.01. The molecule has 0 aromatic heterocycles. The van der Waals surface area contributed by atoms with E-state index >= 15 is 0 Å². The molecule has 6 heteroatoms. The Morgan fingerprint density at radius 2 is 2.29 bits per heavy atom. The van der Waals surface area contributed by atoms with Crippen molar-refractivity contribution in [3.63, 3.8) is 0 Å². The Bertz CT molecular complexity index is 317. The van der Waals surface area contributed by atoms with Crippen LogP contribution in [-0.4, -0.2) is 54.6 Å². The fraction of sp³-hybridized carbons (Fsp3) is 0.818. The summed E-state index contributed by atoms with van der Waals surface area (Å²) in [5.74, 6) is -0.111. The third kappa shape index (κ3) is 2.76. The number of carbonyl (C=O) groups is 2. The van der Waals surface area contributed by atoms with Gasteiger partial charge in [0.05, 0.1) is 19.3 Å². The first-order chi connectivity index (χ1) is 8.08. The predicted octanol–water partition coefficient (Wildman–Crippen LogP) is -1.16. The van der Waals surface area contributed by atoms with Crippen LogP contribution in [0, 0.1) is 0 Å². The third-order valence-corrected chi connectivity index (χ3v) is 3.31. The van der Waals surface area contributed by atoms with E-state index < -0.39 is 6.04 Å². The molecule has 2 fully saturated rings. The number of ether oxygens (including phenoxy) is 1. The number of nitrogens with two attached hydrogens (primary N) is 1. The van der Waals surface area contributed by atoms with Crippen LogP contribution in [0.25, 0.3) is 0 Å². The molecule has 2 rings (SSSR count).